The number of phenols is 1. The van der Waals surface area contributed by atoms with Gasteiger partial charge in [-0.25, -0.2) is 4.79 Å². The first-order valence-corrected chi connectivity index (χ1v) is 8.38. The monoisotopic (exact) mass is 348 g/mol. The fourth-order valence-corrected chi connectivity index (χ4v) is 3.14. The van der Waals surface area contributed by atoms with E-state index in [0.29, 0.717) is 22.3 Å². The van der Waals surface area contributed by atoms with Crippen LogP contribution in [-0.4, -0.2) is 23.3 Å². The van der Waals surface area contributed by atoms with E-state index in [2.05, 4.69) is 0 Å². The maximum Gasteiger partial charge on any atom is 0.336 e. The van der Waals surface area contributed by atoms with Crippen molar-refractivity contribution in [1.82, 2.24) is 0 Å². The van der Waals surface area contributed by atoms with Crippen molar-refractivity contribution in [2.75, 3.05) is 7.11 Å². The van der Waals surface area contributed by atoms with Gasteiger partial charge in [-0.05, 0) is 40.6 Å². The molecule has 0 atom stereocenters. The molecule has 4 heteroatoms. The normalized spacial score (nSPS) is 11.5. The standard InChI is InChI=1S/C22H20O4/c1-3-14-10-7-11-17-16(13-19(26-2)21(23)20(14)17)12-18(22(24)25)15-8-5-4-6-9-15/h4-13,23H,3H2,1-2H3,(H,24,25). The van der Waals surface area contributed by atoms with Crippen LogP contribution in [0, 0.1) is 0 Å². The Balaban J connectivity index is 2.34. The van der Waals surface area contributed by atoms with Crippen LogP contribution < -0.4 is 4.74 Å². The van der Waals surface area contributed by atoms with Crippen LogP contribution in [0.4, 0.5) is 0 Å². The van der Waals surface area contributed by atoms with Crippen molar-refractivity contribution in [2.24, 2.45) is 0 Å². The molecule has 0 radical (unpaired) electrons. The van der Waals surface area contributed by atoms with Gasteiger partial charge in [0.15, 0.2) is 11.5 Å². The minimum absolute atomic E-state index is 0.0775. The number of aromatic hydroxyl groups is 1. The first-order chi connectivity index (χ1) is 12.6. The molecule has 0 aliphatic carbocycles. The molecule has 0 saturated carbocycles. The van der Waals surface area contributed by atoms with Gasteiger partial charge in [-0.2, -0.15) is 0 Å². The van der Waals surface area contributed by atoms with E-state index in [1.807, 2.05) is 31.2 Å². The van der Waals surface area contributed by atoms with Gasteiger partial charge in [0.2, 0.25) is 0 Å². The van der Waals surface area contributed by atoms with E-state index >= 15 is 0 Å². The Bertz CT molecular complexity index is 988. The van der Waals surface area contributed by atoms with Gasteiger partial charge in [-0.3, -0.25) is 0 Å². The number of carboxylic acids is 1. The van der Waals surface area contributed by atoms with Crippen molar-refractivity contribution in [1.29, 1.82) is 0 Å². The number of phenolic OH excluding ortho intramolecular Hbond substituents is 1. The number of hydrogen-bond donors (Lipinski definition) is 2. The zero-order valence-electron chi connectivity index (χ0n) is 14.7. The average Bonchev–Trinajstić information content (AvgIpc) is 2.67. The Labute approximate surface area is 152 Å². The molecule has 2 N–H and O–H groups in total. The van der Waals surface area contributed by atoms with Gasteiger partial charge >= 0.3 is 5.97 Å². The maximum atomic E-state index is 11.8. The number of rotatable bonds is 5. The lowest BCUT2D eigenvalue weighted by molar-refractivity contribution is -0.130. The van der Waals surface area contributed by atoms with E-state index in [0.717, 1.165) is 17.4 Å². The molecule has 4 nitrogen and oxygen atoms in total. The van der Waals surface area contributed by atoms with Crippen molar-refractivity contribution in [2.45, 2.75) is 13.3 Å². The number of carboxylic acid groups (broad SMARTS) is 1. The third kappa shape index (κ3) is 3.14. The second-order valence-corrected chi connectivity index (χ2v) is 5.94. The molecule has 26 heavy (non-hydrogen) atoms. The van der Waals surface area contributed by atoms with Crippen molar-refractivity contribution in [3.63, 3.8) is 0 Å². The Kier molecular flexibility index (Phi) is 4.94. The molecule has 0 heterocycles. The van der Waals surface area contributed by atoms with E-state index in [1.54, 1.807) is 36.4 Å². The van der Waals surface area contributed by atoms with Crippen LogP contribution >= 0.6 is 0 Å². The molecule has 3 rings (SSSR count). The zero-order valence-corrected chi connectivity index (χ0v) is 14.7. The van der Waals surface area contributed by atoms with Crippen LogP contribution in [0.25, 0.3) is 22.4 Å². The van der Waals surface area contributed by atoms with Crippen molar-refractivity contribution in [3.8, 4) is 11.5 Å². The summed E-state index contributed by atoms with van der Waals surface area (Å²) in [5, 5.41) is 21.8. The second-order valence-electron chi connectivity index (χ2n) is 5.94. The van der Waals surface area contributed by atoms with E-state index in [4.69, 9.17) is 4.74 Å². The molecule has 132 valence electrons. The summed E-state index contributed by atoms with van der Waals surface area (Å²) in [7, 11) is 1.48. The van der Waals surface area contributed by atoms with Gasteiger partial charge in [0, 0.05) is 5.39 Å². The molecule has 3 aromatic rings. The Morgan fingerprint density at radius 1 is 1.12 bits per heavy atom. The molecule has 0 fully saturated rings. The molecule has 0 saturated heterocycles. The van der Waals surface area contributed by atoms with Gasteiger partial charge in [0.25, 0.3) is 0 Å². The Morgan fingerprint density at radius 2 is 1.85 bits per heavy atom. The smallest absolute Gasteiger partial charge is 0.336 e. The second kappa shape index (κ2) is 7.31. The number of benzene rings is 3. The topological polar surface area (TPSA) is 66.8 Å². The van der Waals surface area contributed by atoms with Crippen LogP contribution in [0.15, 0.2) is 54.6 Å². The van der Waals surface area contributed by atoms with Gasteiger partial charge < -0.3 is 14.9 Å². The highest BCUT2D eigenvalue weighted by atomic mass is 16.5. The summed E-state index contributed by atoms with van der Waals surface area (Å²) in [6, 6.07) is 16.4. The fraction of sp³-hybridized carbons (Fsp3) is 0.136. The third-order valence-electron chi connectivity index (χ3n) is 4.43. The van der Waals surface area contributed by atoms with Crippen LogP contribution in [0.2, 0.25) is 0 Å². The van der Waals surface area contributed by atoms with Gasteiger partial charge in [0.05, 0.1) is 12.7 Å². The van der Waals surface area contributed by atoms with E-state index in [1.165, 1.54) is 7.11 Å². The van der Waals surface area contributed by atoms with Crippen LogP contribution in [0.3, 0.4) is 0 Å². The molecule has 0 aliphatic rings. The van der Waals surface area contributed by atoms with Crippen LogP contribution in [0.5, 0.6) is 11.5 Å². The molecule has 0 unspecified atom stereocenters. The average molecular weight is 348 g/mol. The van der Waals surface area contributed by atoms with Crippen molar-refractivity contribution < 1.29 is 19.7 Å². The molecule has 0 aromatic heterocycles. The summed E-state index contributed by atoms with van der Waals surface area (Å²) in [4.78, 5) is 11.8. The summed E-state index contributed by atoms with van der Waals surface area (Å²) in [5.74, 6) is -0.612. The molecular weight excluding hydrogens is 328 g/mol. The lowest BCUT2D eigenvalue weighted by Crippen LogP contribution is -2.00. The minimum Gasteiger partial charge on any atom is -0.504 e. The summed E-state index contributed by atoms with van der Waals surface area (Å²) in [6.45, 7) is 2.01. The van der Waals surface area contributed by atoms with Crippen LogP contribution in [-0.2, 0) is 11.2 Å². The summed E-state index contributed by atoms with van der Waals surface area (Å²) in [5.41, 5.74) is 2.46. The number of methoxy groups -OCH3 is 1. The number of aryl methyl sites for hydroxylation is 1. The van der Waals surface area contributed by atoms with Crippen molar-refractivity contribution in [3.05, 3.63) is 71.3 Å². The predicted molar refractivity (Wildman–Crippen MR) is 103 cm³/mol. The lowest BCUT2D eigenvalue weighted by atomic mass is 9.94. The first kappa shape index (κ1) is 17.5. The number of carbonyl (C=O) groups is 1. The molecule has 0 bridgehead atoms. The highest BCUT2D eigenvalue weighted by Gasteiger charge is 2.16. The number of ether oxygens (including phenoxy) is 1. The molecule has 0 spiro atoms. The first-order valence-electron chi connectivity index (χ1n) is 8.38. The lowest BCUT2D eigenvalue weighted by Gasteiger charge is -2.14. The molecule has 0 aliphatic heterocycles. The van der Waals surface area contributed by atoms with Gasteiger partial charge in [-0.1, -0.05) is 55.5 Å². The van der Waals surface area contributed by atoms with Crippen molar-refractivity contribution >= 4 is 28.4 Å². The Hall–Kier alpha value is -3.27. The molecular formula is C22H20O4. The minimum atomic E-state index is -1.01. The number of fused-ring (bicyclic) bond motifs is 1. The van der Waals surface area contributed by atoms with Gasteiger partial charge in [0.1, 0.15) is 0 Å². The summed E-state index contributed by atoms with van der Waals surface area (Å²) in [6.07, 6.45) is 2.37. The Morgan fingerprint density at radius 3 is 2.46 bits per heavy atom. The largest absolute Gasteiger partial charge is 0.504 e. The van der Waals surface area contributed by atoms with E-state index in [-0.39, 0.29) is 11.3 Å². The third-order valence-corrected chi connectivity index (χ3v) is 4.43. The molecule has 3 aromatic carbocycles. The van der Waals surface area contributed by atoms with E-state index in [9.17, 15) is 15.0 Å². The molecule has 0 amide bonds. The fourth-order valence-electron chi connectivity index (χ4n) is 3.14. The highest BCUT2D eigenvalue weighted by Crippen LogP contribution is 2.40. The quantitative estimate of drug-likeness (QED) is 0.516. The maximum absolute atomic E-state index is 11.8. The van der Waals surface area contributed by atoms with E-state index < -0.39 is 5.97 Å². The zero-order chi connectivity index (χ0) is 18.7. The van der Waals surface area contributed by atoms with Crippen LogP contribution in [0.1, 0.15) is 23.6 Å². The SMILES string of the molecule is CCc1cccc2c(C=C(C(=O)O)c3ccccc3)cc(OC)c(O)c12. The number of hydrogen-bond acceptors (Lipinski definition) is 3. The highest BCUT2D eigenvalue weighted by molar-refractivity contribution is 6.21. The number of aliphatic carboxylic acids is 1. The predicted octanol–water partition coefficient (Wildman–Crippen LogP) is 4.74. The summed E-state index contributed by atoms with van der Waals surface area (Å²) < 4.78 is 5.31. The summed E-state index contributed by atoms with van der Waals surface area (Å²) >= 11 is 0. The van der Waals surface area contributed by atoms with Gasteiger partial charge in [-0.15, -0.1) is 0 Å².